The lowest BCUT2D eigenvalue weighted by atomic mass is 10.1. The molecule has 4 aromatic carbocycles. The van der Waals surface area contributed by atoms with Gasteiger partial charge in [0.2, 0.25) is 5.91 Å². The highest BCUT2D eigenvalue weighted by molar-refractivity contribution is 5.94. The molecule has 0 saturated carbocycles. The predicted molar refractivity (Wildman–Crippen MR) is 158 cm³/mol. The number of nitro groups is 1. The average molecular weight is 546 g/mol. The van der Waals surface area contributed by atoms with Crippen LogP contribution in [-0.2, 0) is 11.2 Å². The van der Waals surface area contributed by atoms with E-state index < -0.39 is 10.5 Å². The Morgan fingerprint density at radius 3 is 2.12 bits per heavy atom. The summed E-state index contributed by atoms with van der Waals surface area (Å²) in [5.74, 6) is 0.0700. The van der Waals surface area contributed by atoms with E-state index in [1.807, 2.05) is 77.7 Å². The van der Waals surface area contributed by atoms with Crippen molar-refractivity contribution >= 4 is 28.1 Å². The van der Waals surface area contributed by atoms with E-state index in [1.54, 1.807) is 24.3 Å². The number of carbonyl (C=O) groups is 1. The molecule has 0 aliphatic carbocycles. The molecule has 9 heteroatoms. The standard InChI is InChI=1S/C32H27N5O4/c38-30(21-23-9-3-1-4-10-23)35-19-17-34(18-20-35)25-15-16-28(37(40)41)29(22-25)36-32(39)27-14-8-7-13-26(27)31(33-36)24-11-5-2-6-12-24/h1-16,22H,17-21H2. The van der Waals surface area contributed by atoms with Gasteiger partial charge in [0.25, 0.3) is 11.2 Å². The molecule has 0 unspecified atom stereocenters. The highest BCUT2D eigenvalue weighted by Gasteiger charge is 2.25. The number of benzene rings is 4. The molecule has 0 bridgehead atoms. The lowest BCUT2D eigenvalue weighted by Crippen LogP contribution is -2.49. The second-order valence-corrected chi connectivity index (χ2v) is 9.94. The number of nitro benzene ring substituents is 1. The Kier molecular flexibility index (Phi) is 6.99. The summed E-state index contributed by atoms with van der Waals surface area (Å²) < 4.78 is 1.14. The van der Waals surface area contributed by atoms with Gasteiger partial charge in [-0.1, -0.05) is 78.9 Å². The normalized spacial score (nSPS) is 13.4. The van der Waals surface area contributed by atoms with E-state index >= 15 is 0 Å². The van der Waals surface area contributed by atoms with Crippen LogP contribution in [0.25, 0.3) is 27.7 Å². The quantitative estimate of drug-likeness (QED) is 0.223. The molecule has 0 N–H and O–H groups in total. The molecule has 1 aliphatic heterocycles. The van der Waals surface area contributed by atoms with Crippen LogP contribution in [0.2, 0.25) is 0 Å². The summed E-state index contributed by atoms with van der Waals surface area (Å²) in [5.41, 5.74) is 2.51. The molecule has 1 amide bonds. The largest absolute Gasteiger partial charge is 0.368 e. The second-order valence-electron chi connectivity index (χ2n) is 9.94. The van der Waals surface area contributed by atoms with E-state index in [2.05, 4.69) is 10.00 Å². The summed E-state index contributed by atoms with van der Waals surface area (Å²) in [6.07, 6.45) is 0.350. The van der Waals surface area contributed by atoms with Gasteiger partial charge in [0, 0.05) is 48.9 Å². The van der Waals surface area contributed by atoms with Crippen LogP contribution in [0, 0.1) is 10.1 Å². The lowest BCUT2D eigenvalue weighted by molar-refractivity contribution is -0.384. The molecule has 6 rings (SSSR count). The third-order valence-corrected chi connectivity index (χ3v) is 7.43. The van der Waals surface area contributed by atoms with Crippen LogP contribution in [0.4, 0.5) is 11.4 Å². The molecule has 0 atom stereocenters. The van der Waals surface area contributed by atoms with Gasteiger partial charge >= 0.3 is 0 Å². The summed E-state index contributed by atoms with van der Waals surface area (Å²) in [4.78, 5) is 42.0. The third-order valence-electron chi connectivity index (χ3n) is 7.43. The first-order valence-electron chi connectivity index (χ1n) is 13.4. The molecule has 1 saturated heterocycles. The summed E-state index contributed by atoms with van der Waals surface area (Å²) in [6.45, 7) is 2.19. The number of amides is 1. The van der Waals surface area contributed by atoms with E-state index in [4.69, 9.17) is 0 Å². The zero-order chi connectivity index (χ0) is 28.3. The monoisotopic (exact) mass is 545 g/mol. The van der Waals surface area contributed by atoms with Gasteiger partial charge in [-0.3, -0.25) is 19.7 Å². The number of rotatable bonds is 6. The van der Waals surface area contributed by atoms with Crippen molar-refractivity contribution < 1.29 is 9.72 Å². The number of anilines is 1. The number of piperazine rings is 1. The number of carbonyl (C=O) groups excluding carboxylic acids is 1. The van der Waals surface area contributed by atoms with Gasteiger partial charge in [0.15, 0.2) is 0 Å². The van der Waals surface area contributed by atoms with Crippen molar-refractivity contribution in [1.29, 1.82) is 0 Å². The topological polar surface area (TPSA) is 102 Å². The van der Waals surface area contributed by atoms with Crippen LogP contribution in [0.5, 0.6) is 0 Å². The fraction of sp³-hybridized carbons (Fsp3) is 0.156. The first-order chi connectivity index (χ1) is 20.0. The molecular formula is C32H27N5O4. The Morgan fingerprint density at radius 1 is 0.805 bits per heavy atom. The molecule has 0 spiro atoms. The first-order valence-corrected chi connectivity index (χ1v) is 13.4. The molecule has 0 radical (unpaired) electrons. The maximum atomic E-state index is 13.7. The Hall–Kier alpha value is -5.31. The van der Waals surface area contributed by atoms with E-state index in [-0.39, 0.29) is 17.3 Å². The van der Waals surface area contributed by atoms with Crippen molar-refractivity contribution in [2.75, 3.05) is 31.1 Å². The van der Waals surface area contributed by atoms with Crippen LogP contribution >= 0.6 is 0 Å². The van der Waals surface area contributed by atoms with Gasteiger partial charge in [0.1, 0.15) is 5.69 Å². The van der Waals surface area contributed by atoms with Gasteiger partial charge in [-0.25, -0.2) is 0 Å². The number of fused-ring (bicyclic) bond motifs is 1. The summed E-state index contributed by atoms with van der Waals surface area (Å²) in [7, 11) is 0. The zero-order valence-electron chi connectivity index (χ0n) is 22.2. The average Bonchev–Trinajstić information content (AvgIpc) is 3.02. The number of aromatic nitrogens is 2. The van der Waals surface area contributed by atoms with Crippen molar-refractivity contribution in [2.24, 2.45) is 0 Å². The molecule has 1 aliphatic rings. The van der Waals surface area contributed by atoms with Crippen molar-refractivity contribution in [1.82, 2.24) is 14.7 Å². The van der Waals surface area contributed by atoms with Crippen LogP contribution < -0.4 is 10.5 Å². The summed E-state index contributed by atoms with van der Waals surface area (Å²) >= 11 is 0. The summed E-state index contributed by atoms with van der Waals surface area (Å²) in [5, 5.41) is 17.9. The minimum Gasteiger partial charge on any atom is -0.368 e. The van der Waals surface area contributed by atoms with Crippen LogP contribution in [0.1, 0.15) is 5.56 Å². The van der Waals surface area contributed by atoms with Crippen molar-refractivity contribution in [3.63, 3.8) is 0 Å². The molecule has 2 heterocycles. The molecule has 5 aromatic rings. The van der Waals surface area contributed by atoms with E-state index in [9.17, 15) is 19.7 Å². The number of hydrogen-bond acceptors (Lipinski definition) is 6. The van der Waals surface area contributed by atoms with Crippen LogP contribution in [0.15, 0.2) is 108 Å². The SMILES string of the molecule is O=C(Cc1ccccc1)N1CCN(c2ccc([N+](=O)[O-])c(-n3nc(-c4ccccc4)c4ccccc4c3=O)c2)CC1. The van der Waals surface area contributed by atoms with Crippen molar-refractivity contribution in [3.05, 3.63) is 129 Å². The molecule has 41 heavy (non-hydrogen) atoms. The smallest absolute Gasteiger partial charge is 0.295 e. The minimum absolute atomic E-state index is 0.0700. The molecule has 1 fully saturated rings. The van der Waals surface area contributed by atoms with Crippen LogP contribution in [-0.4, -0.2) is 51.7 Å². The third kappa shape index (κ3) is 5.17. The Bertz CT molecular complexity index is 1800. The van der Waals surface area contributed by atoms with Crippen molar-refractivity contribution in [3.8, 4) is 16.9 Å². The number of hydrogen-bond donors (Lipinski definition) is 0. The highest BCUT2D eigenvalue weighted by Crippen LogP contribution is 2.30. The predicted octanol–water partition coefficient (Wildman–Crippen LogP) is 4.85. The lowest BCUT2D eigenvalue weighted by Gasteiger charge is -2.36. The molecular weight excluding hydrogens is 518 g/mol. The summed E-state index contributed by atoms with van der Waals surface area (Å²) in [6, 6.07) is 31.0. The Morgan fingerprint density at radius 2 is 1.44 bits per heavy atom. The first kappa shape index (κ1) is 25.9. The molecule has 1 aromatic heterocycles. The van der Waals surface area contributed by atoms with E-state index in [0.717, 1.165) is 21.5 Å². The van der Waals surface area contributed by atoms with E-state index in [1.165, 1.54) is 6.07 Å². The Labute approximate surface area is 236 Å². The molecule has 9 nitrogen and oxygen atoms in total. The second kappa shape index (κ2) is 11.1. The minimum atomic E-state index is -0.495. The maximum absolute atomic E-state index is 13.7. The van der Waals surface area contributed by atoms with Gasteiger partial charge < -0.3 is 9.80 Å². The van der Waals surface area contributed by atoms with Gasteiger partial charge in [-0.05, 0) is 23.8 Å². The number of nitrogens with zero attached hydrogens (tertiary/aromatic N) is 5. The highest BCUT2D eigenvalue weighted by atomic mass is 16.6. The van der Waals surface area contributed by atoms with Gasteiger partial charge in [-0.15, -0.1) is 0 Å². The van der Waals surface area contributed by atoms with Gasteiger partial charge in [0.05, 0.1) is 22.4 Å². The van der Waals surface area contributed by atoms with Gasteiger partial charge in [-0.2, -0.15) is 9.78 Å². The molecule has 204 valence electrons. The Balaban J connectivity index is 1.34. The maximum Gasteiger partial charge on any atom is 0.295 e. The fourth-order valence-electron chi connectivity index (χ4n) is 5.29. The van der Waals surface area contributed by atoms with E-state index in [0.29, 0.717) is 49.1 Å². The fourth-order valence-corrected chi connectivity index (χ4v) is 5.29. The van der Waals surface area contributed by atoms with Crippen LogP contribution in [0.3, 0.4) is 0 Å². The zero-order valence-corrected chi connectivity index (χ0v) is 22.2. The van der Waals surface area contributed by atoms with Crippen molar-refractivity contribution in [2.45, 2.75) is 6.42 Å².